The third-order valence-corrected chi connectivity index (χ3v) is 5.20. The van der Waals surface area contributed by atoms with Crippen LogP contribution in [0.25, 0.3) is 11.0 Å². The van der Waals surface area contributed by atoms with E-state index in [-0.39, 0.29) is 18.5 Å². The van der Waals surface area contributed by atoms with Crippen molar-refractivity contribution in [2.24, 2.45) is 5.92 Å². The van der Waals surface area contributed by atoms with Crippen molar-refractivity contribution in [3.05, 3.63) is 71.5 Å². The van der Waals surface area contributed by atoms with Crippen LogP contribution in [0.1, 0.15) is 23.6 Å². The molecule has 2 amide bonds. The molecule has 3 aromatic rings. The molecule has 0 saturated heterocycles. The molecule has 33 heavy (non-hydrogen) atoms. The van der Waals surface area contributed by atoms with Gasteiger partial charge < -0.3 is 25.1 Å². The van der Waals surface area contributed by atoms with Crippen molar-refractivity contribution in [2.75, 3.05) is 0 Å². The molecule has 2 unspecified atom stereocenters. The summed E-state index contributed by atoms with van der Waals surface area (Å²) in [7, 11) is -1.90. The summed E-state index contributed by atoms with van der Waals surface area (Å²) in [6, 6.07) is 11.6. The van der Waals surface area contributed by atoms with Gasteiger partial charge in [-0.2, -0.15) is 13.2 Å². The predicted molar refractivity (Wildman–Crippen MR) is 114 cm³/mol. The first kappa shape index (κ1) is 24.3. The minimum Gasteiger partial charge on any atom is -0.464 e. The number of hydrogen-bond donors (Lipinski definition) is 4. The summed E-state index contributed by atoms with van der Waals surface area (Å²) in [5, 5.41) is 25.0. The minimum absolute atomic E-state index is 0.0407. The van der Waals surface area contributed by atoms with Crippen molar-refractivity contribution in [3.8, 4) is 0 Å². The SMILES string of the molecule is CC(C(=O)NCc1cccc(C(F)(F)F)c1)C(=O)NC(Cc1coc2ccccc12)B(O)O. The number of amides is 2. The zero-order chi connectivity index (χ0) is 24.2. The highest BCUT2D eigenvalue weighted by atomic mass is 19.4. The molecule has 2 atom stereocenters. The lowest BCUT2D eigenvalue weighted by Gasteiger charge is -2.20. The average Bonchev–Trinajstić information content (AvgIpc) is 3.18. The van der Waals surface area contributed by atoms with Gasteiger partial charge in [0.2, 0.25) is 11.8 Å². The first-order valence-corrected chi connectivity index (χ1v) is 10.1. The van der Waals surface area contributed by atoms with Gasteiger partial charge in [0, 0.05) is 11.9 Å². The lowest BCUT2D eigenvalue weighted by molar-refractivity contribution is -0.137. The fraction of sp³-hybridized carbons (Fsp3) is 0.273. The van der Waals surface area contributed by atoms with Crippen molar-refractivity contribution in [1.82, 2.24) is 10.6 Å². The van der Waals surface area contributed by atoms with Crippen LogP contribution < -0.4 is 10.6 Å². The molecule has 0 saturated carbocycles. The Bertz CT molecular complexity index is 1130. The molecule has 0 bridgehead atoms. The first-order valence-electron chi connectivity index (χ1n) is 10.1. The zero-order valence-electron chi connectivity index (χ0n) is 17.6. The van der Waals surface area contributed by atoms with Gasteiger partial charge in [-0.15, -0.1) is 0 Å². The second kappa shape index (κ2) is 10.1. The number of rotatable bonds is 8. The summed E-state index contributed by atoms with van der Waals surface area (Å²) in [6.07, 6.45) is -3.01. The zero-order valence-corrected chi connectivity index (χ0v) is 17.6. The summed E-state index contributed by atoms with van der Waals surface area (Å²) < 4.78 is 43.9. The van der Waals surface area contributed by atoms with Crippen LogP contribution >= 0.6 is 0 Å². The molecule has 0 aliphatic rings. The molecule has 3 rings (SSSR count). The van der Waals surface area contributed by atoms with E-state index in [2.05, 4.69) is 10.6 Å². The number of furan rings is 1. The molecule has 0 fully saturated rings. The van der Waals surface area contributed by atoms with Crippen LogP contribution in [-0.2, 0) is 28.7 Å². The highest BCUT2D eigenvalue weighted by Crippen LogP contribution is 2.29. The lowest BCUT2D eigenvalue weighted by atomic mass is 9.75. The highest BCUT2D eigenvalue weighted by Gasteiger charge is 2.32. The van der Waals surface area contributed by atoms with Gasteiger partial charge in [0.15, 0.2) is 0 Å². The number of alkyl halides is 3. The summed E-state index contributed by atoms with van der Waals surface area (Å²) in [6.45, 7) is 1.11. The van der Waals surface area contributed by atoms with E-state index in [1.54, 1.807) is 24.3 Å². The molecular weight excluding hydrogens is 440 g/mol. The number of para-hydroxylation sites is 1. The number of benzene rings is 2. The Morgan fingerprint density at radius 2 is 1.82 bits per heavy atom. The molecule has 0 aliphatic heterocycles. The van der Waals surface area contributed by atoms with Gasteiger partial charge in [-0.3, -0.25) is 9.59 Å². The molecule has 7 nitrogen and oxygen atoms in total. The Morgan fingerprint density at radius 1 is 1.09 bits per heavy atom. The normalized spacial score (nSPS) is 13.4. The van der Waals surface area contributed by atoms with Gasteiger partial charge in [-0.1, -0.05) is 30.3 Å². The quantitative estimate of drug-likeness (QED) is 0.304. The smallest absolute Gasteiger partial charge is 0.464 e. The molecule has 2 aromatic carbocycles. The fourth-order valence-electron chi connectivity index (χ4n) is 3.29. The van der Waals surface area contributed by atoms with E-state index >= 15 is 0 Å². The lowest BCUT2D eigenvalue weighted by Crippen LogP contribution is -2.51. The van der Waals surface area contributed by atoms with Gasteiger partial charge in [-0.05, 0) is 42.7 Å². The van der Waals surface area contributed by atoms with Crippen molar-refractivity contribution >= 4 is 29.9 Å². The van der Waals surface area contributed by atoms with Crippen molar-refractivity contribution < 1.29 is 37.2 Å². The standard InChI is InChI=1S/C22H22BF3N2O5/c1-13(20(29)27-11-14-5-4-6-16(9-14)22(24,25)26)21(30)28-19(23(31)32)10-15-12-33-18-8-3-2-7-17(15)18/h2-9,12-13,19,31-32H,10-11H2,1H3,(H,27,29)(H,28,30). The highest BCUT2D eigenvalue weighted by molar-refractivity contribution is 6.43. The molecule has 0 aliphatic carbocycles. The summed E-state index contributed by atoms with van der Waals surface area (Å²) in [5.74, 6) is -3.82. The number of fused-ring (bicyclic) bond motifs is 1. The molecular formula is C22H22BF3N2O5. The van der Waals surface area contributed by atoms with Crippen LogP contribution in [0, 0.1) is 5.92 Å². The summed E-state index contributed by atoms with van der Waals surface area (Å²) >= 11 is 0. The largest absolute Gasteiger partial charge is 0.475 e. The van der Waals surface area contributed by atoms with E-state index in [4.69, 9.17) is 4.42 Å². The Labute approximate surface area is 187 Å². The van der Waals surface area contributed by atoms with E-state index in [0.717, 1.165) is 17.5 Å². The fourth-order valence-corrected chi connectivity index (χ4v) is 3.29. The maximum absolute atomic E-state index is 12.8. The monoisotopic (exact) mass is 462 g/mol. The van der Waals surface area contributed by atoms with E-state index in [1.807, 2.05) is 0 Å². The second-order valence-electron chi connectivity index (χ2n) is 7.63. The van der Waals surface area contributed by atoms with Crippen LogP contribution in [0.4, 0.5) is 13.2 Å². The Kier molecular flexibility index (Phi) is 7.45. The third-order valence-electron chi connectivity index (χ3n) is 5.20. The Balaban J connectivity index is 1.60. The molecule has 1 heterocycles. The molecule has 11 heteroatoms. The van der Waals surface area contributed by atoms with E-state index < -0.39 is 42.5 Å². The van der Waals surface area contributed by atoms with Gasteiger partial charge in [0.25, 0.3) is 0 Å². The van der Waals surface area contributed by atoms with Gasteiger partial charge in [0.05, 0.1) is 17.8 Å². The number of hydrogen-bond acceptors (Lipinski definition) is 5. The topological polar surface area (TPSA) is 112 Å². The third kappa shape index (κ3) is 6.14. The number of carbonyl (C=O) groups excluding carboxylic acids is 2. The van der Waals surface area contributed by atoms with Gasteiger partial charge in [-0.25, -0.2) is 0 Å². The molecule has 0 radical (unpaired) electrons. The molecule has 1 aromatic heterocycles. The second-order valence-corrected chi connectivity index (χ2v) is 7.63. The van der Waals surface area contributed by atoms with E-state index in [9.17, 15) is 32.8 Å². The number of nitrogens with one attached hydrogen (secondary N) is 2. The predicted octanol–water partition coefficient (Wildman–Crippen LogP) is 2.44. The molecule has 4 N–H and O–H groups in total. The molecule has 174 valence electrons. The van der Waals surface area contributed by atoms with Crippen LogP contribution in [-0.4, -0.2) is 34.9 Å². The van der Waals surface area contributed by atoms with Crippen LogP contribution in [0.5, 0.6) is 0 Å². The van der Waals surface area contributed by atoms with Crippen LogP contribution in [0.15, 0.2) is 59.2 Å². The summed E-state index contributed by atoms with van der Waals surface area (Å²) in [5.41, 5.74) is 0.630. The van der Waals surface area contributed by atoms with Gasteiger partial charge >= 0.3 is 13.3 Å². The maximum atomic E-state index is 12.8. The minimum atomic E-state index is -4.51. The van der Waals surface area contributed by atoms with Crippen LogP contribution in [0.3, 0.4) is 0 Å². The van der Waals surface area contributed by atoms with Crippen molar-refractivity contribution in [1.29, 1.82) is 0 Å². The number of carbonyl (C=O) groups is 2. The maximum Gasteiger partial charge on any atom is 0.475 e. The average molecular weight is 462 g/mol. The van der Waals surface area contributed by atoms with Gasteiger partial charge in [0.1, 0.15) is 11.5 Å². The molecule has 0 spiro atoms. The van der Waals surface area contributed by atoms with E-state index in [0.29, 0.717) is 11.1 Å². The number of halogens is 3. The van der Waals surface area contributed by atoms with E-state index in [1.165, 1.54) is 25.3 Å². The first-order chi connectivity index (χ1) is 15.6. The van der Waals surface area contributed by atoms with Crippen molar-refractivity contribution in [3.63, 3.8) is 0 Å². The van der Waals surface area contributed by atoms with Crippen LogP contribution in [0.2, 0.25) is 0 Å². The summed E-state index contributed by atoms with van der Waals surface area (Å²) in [4.78, 5) is 24.9. The Hall–Kier alpha value is -3.31. The van der Waals surface area contributed by atoms with Crippen molar-refractivity contribution in [2.45, 2.75) is 32.0 Å². The Morgan fingerprint density at radius 3 is 2.52 bits per heavy atom.